The Morgan fingerprint density at radius 2 is 1.91 bits per heavy atom. The first-order valence-corrected chi connectivity index (χ1v) is 15.2. The van der Waals surface area contributed by atoms with Gasteiger partial charge in [-0.3, -0.25) is 14.8 Å². The maximum Gasteiger partial charge on any atom is 0.283 e. The van der Waals surface area contributed by atoms with Crippen molar-refractivity contribution in [3.63, 3.8) is 0 Å². The summed E-state index contributed by atoms with van der Waals surface area (Å²) in [5, 5.41) is 12.5. The second-order valence-electron chi connectivity index (χ2n) is 11.6. The molecular weight excluding hydrogens is 581 g/mol. The standard InChI is InChI=1S/C35H32FN9O/c1-21(2)29-19-40-45-32(29)42-35(44-16-13-30-25(20-44)8-6-14-37-30)43-34(45)39-18-24-7-4-5-9-27(24)31-28-11-10-26(41-33(46)22(3)36)17-23(28)12-15-38-31/h4-12,14-15,17,19,21H,3,13,16,18,20H2,1-2H3,(H,41,46)(H,39,42,43). The molecule has 230 valence electrons. The molecule has 1 amide bonds. The molecule has 2 aromatic carbocycles. The molecule has 5 heterocycles. The van der Waals surface area contributed by atoms with Crippen LogP contribution in [0.15, 0.2) is 91.7 Å². The lowest BCUT2D eigenvalue weighted by atomic mass is 9.99. The number of hydrogen-bond acceptors (Lipinski definition) is 8. The Balaban J connectivity index is 1.22. The Hall–Kier alpha value is -5.71. The van der Waals surface area contributed by atoms with Crippen molar-refractivity contribution in [2.45, 2.75) is 39.3 Å². The predicted octanol–water partition coefficient (Wildman–Crippen LogP) is 6.45. The molecule has 0 aliphatic carbocycles. The van der Waals surface area contributed by atoms with Gasteiger partial charge in [0, 0.05) is 66.3 Å². The van der Waals surface area contributed by atoms with Crippen LogP contribution in [0.2, 0.25) is 0 Å². The Labute approximate surface area is 265 Å². The molecule has 0 saturated carbocycles. The number of nitrogens with zero attached hydrogens (tertiary/aromatic N) is 7. The summed E-state index contributed by atoms with van der Waals surface area (Å²) in [5.41, 5.74) is 7.36. The molecule has 0 unspecified atom stereocenters. The number of pyridine rings is 2. The van der Waals surface area contributed by atoms with Gasteiger partial charge in [-0.2, -0.15) is 19.6 Å². The summed E-state index contributed by atoms with van der Waals surface area (Å²) in [6.45, 7) is 9.25. The van der Waals surface area contributed by atoms with Gasteiger partial charge in [0.2, 0.25) is 11.9 Å². The van der Waals surface area contributed by atoms with Gasteiger partial charge in [0.25, 0.3) is 5.91 Å². The SMILES string of the molecule is C=C(F)C(=O)Nc1ccc2c(-c3ccccc3CNc3nc(N4CCc5ncccc5C4)nc4c(C(C)C)cnn34)nccc2c1. The Morgan fingerprint density at radius 1 is 1.04 bits per heavy atom. The van der Waals surface area contributed by atoms with Gasteiger partial charge in [0.1, 0.15) is 0 Å². The van der Waals surface area contributed by atoms with Crippen molar-refractivity contribution >= 4 is 39.9 Å². The topological polar surface area (TPSA) is 113 Å². The number of anilines is 3. The zero-order valence-electron chi connectivity index (χ0n) is 25.5. The third-order valence-electron chi connectivity index (χ3n) is 8.23. The molecule has 0 saturated heterocycles. The minimum atomic E-state index is -1.04. The van der Waals surface area contributed by atoms with Crippen LogP contribution in [0, 0.1) is 0 Å². The Bertz CT molecular complexity index is 2120. The van der Waals surface area contributed by atoms with Crippen molar-refractivity contribution in [3.05, 3.63) is 114 Å². The van der Waals surface area contributed by atoms with Gasteiger partial charge in [-0.25, -0.2) is 4.39 Å². The van der Waals surface area contributed by atoms with E-state index in [1.54, 1.807) is 22.8 Å². The summed E-state index contributed by atoms with van der Waals surface area (Å²) >= 11 is 0. The lowest BCUT2D eigenvalue weighted by molar-refractivity contribution is -0.114. The summed E-state index contributed by atoms with van der Waals surface area (Å²) in [4.78, 5) is 33.3. The fraction of sp³-hybridized carbons (Fsp3) is 0.200. The molecule has 46 heavy (non-hydrogen) atoms. The molecule has 2 N–H and O–H groups in total. The highest BCUT2D eigenvalue weighted by Gasteiger charge is 2.23. The number of benzene rings is 2. The lowest BCUT2D eigenvalue weighted by Gasteiger charge is -2.28. The fourth-order valence-electron chi connectivity index (χ4n) is 5.83. The number of amides is 1. The monoisotopic (exact) mass is 613 g/mol. The van der Waals surface area contributed by atoms with Crippen molar-refractivity contribution in [2.75, 3.05) is 22.1 Å². The number of halogens is 1. The maximum absolute atomic E-state index is 13.3. The second kappa shape index (κ2) is 12.0. The molecular formula is C35H32FN9O. The summed E-state index contributed by atoms with van der Waals surface area (Å²) in [6, 6.07) is 19.4. The Kier molecular flexibility index (Phi) is 7.57. The number of carbonyl (C=O) groups is 1. The third kappa shape index (κ3) is 5.51. The van der Waals surface area contributed by atoms with E-state index in [0.717, 1.165) is 57.5 Å². The maximum atomic E-state index is 13.3. The van der Waals surface area contributed by atoms with E-state index in [9.17, 15) is 9.18 Å². The minimum Gasteiger partial charge on any atom is -0.350 e. The predicted molar refractivity (Wildman–Crippen MR) is 177 cm³/mol. The molecule has 10 nitrogen and oxygen atoms in total. The van der Waals surface area contributed by atoms with E-state index in [-0.39, 0.29) is 5.92 Å². The van der Waals surface area contributed by atoms with Crippen molar-refractivity contribution < 1.29 is 9.18 Å². The fourth-order valence-corrected chi connectivity index (χ4v) is 5.83. The molecule has 0 fully saturated rings. The van der Waals surface area contributed by atoms with Crippen LogP contribution >= 0.6 is 0 Å². The molecule has 0 radical (unpaired) electrons. The quantitative estimate of drug-likeness (QED) is 0.188. The van der Waals surface area contributed by atoms with Crippen LogP contribution in [0.1, 0.15) is 42.1 Å². The molecule has 4 aromatic heterocycles. The van der Waals surface area contributed by atoms with Gasteiger partial charge in [-0.15, -0.1) is 0 Å². The van der Waals surface area contributed by atoms with Crippen LogP contribution in [0.4, 0.5) is 22.0 Å². The number of hydrogen-bond donors (Lipinski definition) is 2. The molecule has 11 heteroatoms. The van der Waals surface area contributed by atoms with Gasteiger partial charge >= 0.3 is 0 Å². The van der Waals surface area contributed by atoms with Gasteiger partial charge < -0.3 is 15.5 Å². The first-order valence-electron chi connectivity index (χ1n) is 15.2. The van der Waals surface area contributed by atoms with E-state index >= 15 is 0 Å². The van der Waals surface area contributed by atoms with Crippen LogP contribution in [0.25, 0.3) is 27.7 Å². The number of aromatic nitrogens is 6. The summed E-state index contributed by atoms with van der Waals surface area (Å²) in [5.74, 6) is -0.428. The molecule has 1 aliphatic rings. The average molecular weight is 614 g/mol. The smallest absolute Gasteiger partial charge is 0.283 e. The normalized spacial score (nSPS) is 12.8. The highest BCUT2D eigenvalue weighted by atomic mass is 19.1. The second-order valence-corrected chi connectivity index (χ2v) is 11.6. The Morgan fingerprint density at radius 3 is 2.76 bits per heavy atom. The average Bonchev–Trinajstić information content (AvgIpc) is 3.51. The zero-order valence-corrected chi connectivity index (χ0v) is 25.5. The number of carbonyl (C=O) groups excluding carboxylic acids is 1. The molecule has 7 rings (SSSR count). The van der Waals surface area contributed by atoms with E-state index in [2.05, 4.69) is 58.2 Å². The highest BCUT2D eigenvalue weighted by Crippen LogP contribution is 2.32. The van der Waals surface area contributed by atoms with Gasteiger partial charge in [0.15, 0.2) is 11.5 Å². The number of fused-ring (bicyclic) bond motifs is 3. The lowest BCUT2D eigenvalue weighted by Crippen LogP contribution is -2.32. The van der Waals surface area contributed by atoms with E-state index in [1.165, 1.54) is 5.56 Å². The van der Waals surface area contributed by atoms with Crippen LogP contribution in [0.3, 0.4) is 0 Å². The molecule has 0 atom stereocenters. The molecule has 0 spiro atoms. The van der Waals surface area contributed by atoms with Gasteiger partial charge in [0.05, 0.1) is 11.9 Å². The van der Waals surface area contributed by atoms with Crippen molar-refractivity contribution in [1.29, 1.82) is 0 Å². The van der Waals surface area contributed by atoms with Gasteiger partial charge in [-0.05, 0) is 46.7 Å². The molecule has 6 aromatic rings. The molecule has 1 aliphatic heterocycles. The minimum absolute atomic E-state index is 0.238. The van der Waals surface area contributed by atoms with Crippen LogP contribution in [-0.4, -0.2) is 42.0 Å². The number of nitrogens with one attached hydrogen (secondary N) is 2. The van der Waals surface area contributed by atoms with Crippen molar-refractivity contribution in [1.82, 2.24) is 29.5 Å². The summed E-state index contributed by atoms with van der Waals surface area (Å²) < 4.78 is 15.0. The van der Waals surface area contributed by atoms with Gasteiger partial charge in [-0.1, -0.05) is 56.8 Å². The van der Waals surface area contributed by atoms with Crippen molar-refractivity contribution in [3.8, 4) is 11.3 Å². The van der Waals surface area contributed by atoms with Crippen LogP contribution in [0.5, 0.6) is 0 Å². The largest absolute Gasteiger partial charge is 0.350 e. The highest BCUT2D eigenvalue weighted by molar-refractivity contribution is 6.04. The first kappa shape index (κ1) is 29.0. The summed E-state index contributed by atoms with van der Waals surface area (Å²) in [7, 11) is 0. The third-order valence-corrected chi connectivity index (χ3v) is 8.23. The van der Waals surface area contributed by atoms with E-state index in [4.69, 9.17) is 15.0 Å². The van der Waals surface area contributed by atoms with E-state index < -0.39 is 11.7 Å². The first-order chi connectivity index (χ1) is 22.4. The summed E-state index contributed by atoms with van der Waals surface area (Å²) in [6.07, 6.45) is 6.27. The van der Waals surface area contributed by atoms with Crippen LogP contribution in [-0.2, 0) is 24.3 Å². The zero-order chi connectivity index (χ0) is 31.8. The van der Waals surface area contributed by atoms with E-state index in [1.807, 2.05) is 48.8 Å². The van der Waals surface area contributed by atoms with Crippen molar-refractivity contribution in [2.24, 2.45) is 0 Å². The number of rotatable bonds is 8. The molecule has 0 bridgehead atoms. The van der Waals surface area contributed by atoms with E-state index in [0.29, 0.717) is 30.7 Å². The van der Waals surface area contributed by atoms with Crippen LogP contribution < -0.4 is 15.5 Å².